The van der Waals surface area contributed by atoms with Gasteiger partial charge in [-0.1, -0.05) is 0 Å². The average molecular weight is 291 g/mol. The summed E-state index contributed by atoms with van der Waals surface area (Å²) < 4.78 is 18.3. The first-order valence-electron chi connectivity index (χ1n) is 5.71. The van der Waals surface area contributed by atoms with Gasteiger partial charge < -0.3 is 15.2 Å². The standard InChI is InChI=1S/C13H10FN3O4/c1-21-13(20)10-5-15-6-11(17-10)16-9-3-2-7(12(18)19)4-8(9)14/h2-6H,1H3,(H,16,17)(H,18,19). The Morgan fingerprint density at radius 3 is 2.71 bits per heavy atom. The number of methoxy groups -OCH3 is 1. The van der Waals surface area contributed by atoms with Crippen LogP contribution in [0.2, 0.25) is 0 Å². The highest BCUT2D eigenvalue weighted by atomic mass is 19.1. The summed E-state index contributed by atoms with van der Waals surface area (Å²) >= 11 is 0. The molecule has 2 rings (SSSR count). The van der Waals surface area contributed by atoms with Crippen LogP contribution in [0.5, 0.6) is 0 Å². The summed E-state index contributed by atoms with van der Waals surface area (Å²) in [4.78, 5) is 29.7. The smallest absolute Gasteiger partial charge is 0.358 e. The van der Waals surface area contributed by atoms with Crippen LogP contribution in [0, 0.1) is 5.82 Å². The van der Waals surface area contributed by atoms with E-state index in [9.17, 15) is 14.0 Å². The van der Waals surface area contributed by atoms with Gasteiger partial charge in [-0.15, -0.1) is 0 Å². The monoisotopic (exact) mass is 291 g/mol. The number of hydrogen-bond donors (Lipinski definition) is 2. The number of hydrogen-bond acceptors (Lipinski definition) is 6. The second kappa shape index (κ2) is 5.95. The number of nitrogens with zero attached hydrogens (tertiary/aromatic N) is 2. The highest BCUT2D eigenvalue weighted by Gasteiger charge is 2.11. The topological polar surface area (TPSA) is 101 Å². The van der Waals surface area contributed by atoms with Gasteiger partial charge >= 0.3 is 11.9 Å². The fourth-order valence-electron chi connectivity index (χ4n) is 1.52. The molecule has 1 aromatic carbocycles. The maximum atomic E-state index is 13.8. The van der Waals surface area contributed by atoms with Crippen LogP contribution >= 0.6 is 0 Å². The zero-order valence-corrected chi connectivity index (χ0v) is 10.8. The van der Waals surface area contributed by atoms with Gasteiger partial charge in [-0.2, -0.15) is 0 Å². The maximum Gasteiger partial charge on any atom is 0.358 e. The van der Waals surface area contributed by atoms with Crippen molar-refractivity contribution in [2.45, 2.75) is 0 Å². The molecule has 8 heteroatoms. The first kappa shape index (κ1) is 14.4. The van der Waals surface area contributed by atoms with Crippen molar-refractivity contribution in [3.05, 3.63) is 47.7 Å². The lowest BCUT2D eigenvalue weighted by molar-refractivity contribution is 0.0592. The molecule has 0 amide bonds. The van der Waals surface area contributed by atoms with Gasteiger partial charge in [0, 0.05) is 0 Å². The minimum Gasteiger partial charge on any atom is -0.478 e. The number of halogens is 1. The van der Waals surface area contributed by atoms with Crippen molar-refractivity contribution in [2.24, 2.45) is 0 Å². The van der Waals surface area contributed by atoms with Gasteiger partial charge in [0.25, 0.3) is 0 Å². The van der Waals surface area contributed by atoms with Crippen LogP contribution in [0.1, 0.15) is 20.8 Å². The summed E-state index contributed by atoms with van der Waals surface area (Å²) in [5.74, 6) is -2.54. The number of esters is 1. The molecule has 0 saturated heterocycles. The molecule has 108 valence electrons. The Morgan fingerprint density at radius 2 is 2.10 bits per heavy atom. The third kappa shape index (κ3) is 3.30. The Hall–Kier alpha value is -3.03. The molecule has 1 aromatic heterocycles. The van der Waals surface area contributed by atoms with E-state index in [1.807, 2.05) is 0 Å². The summed E-state index contributed by atoms with van der Waals surface area (Å²) in [6, 6.07) is 3.37. The van der Waals surface area contributed by atoms with Crippen LogP contribution in [0.15, 0.2) is 30.6 Å². The fraction of sp³-hybridized carbons (Fsp3) is 0.0769. The molecule has 2 aromatic rings. The van der Waals surface area contributed by atoms with Crippen LogP contribution in [-0.4, -0.2) is 34.1 Å². The summed E-state index contributed by atoms with van der Waals surface area (Å²) in [5, 5.41) is 11.4. The first-order valence-corrected chi connectivity index (χ1v) is 5.71. The van der Waals surface area contributed by atoms with Crippen molar-refractivity contribution in [2.75, 3.05) is 12.4 Å². The zero-order chi connectivity index (χ0) is 15.4. The number of ether oxygens (including phenoxy) is 1. The second-order valence-corrected chi connectivity index (χ2v) is 3.91. The van der Waals surface area contributed by atoms with Gasteiger partial charge in [-0.25, -0.2) is 19.0 Å². The van der Waals surface area contributed by atoms with Crippen molar-refractivity contribution in [1.82, 2.24) is 9.97 Å². The summed E-state index contributed by atoms with van der Waals surface area (Å²) in [6.07, 6.45) is 2.50. The van der Waals surface area contributed by atoms with Crippen molar-refractivity contribution in [1.29, 1.82) is 0 Å². The number of benzene rings is 1. The highest BCUT2D eigenvalue weighted by molar-refractivity contribution is 5.88. The number of carboxylic acid groups (broad SMARTS) is 1. The number of nitrogens with one attached hydrogen (secondary N) is 1. The Labute approximate surface area is 118 Å². The molecule has 0 unspecified atom stereocenters. The molecule has 1 heterocycles. The van der Waals surface area contributed by atoms with Crippen molar-refractivity contribution in [3.8, 4) is 0 Å². The van der Waals surface area contributed by atoms with E-state index >= 15 is 0 Å². The lowest BCUT2D eigenvalue weighted by Gasteiger charge is -2.08. The van der Waals surface area contributed by atoms with E-state index in [2.05, 4.69) is 20.0 Å². The molecule has 2 N–H and O–H groups in total. The largest absolute Gasteiger partial charge is 0.478 e. The first-order chi connectivity index (χ1) is 10.0. The Bertz CT molecular complexity index is 706. The van der Waals surface area contributed by atoms with E-state index in [1.165, 1.54) is 31.6 Å². The van der Waals surface area contributed by atoms with E-state index in [4.69, 9.17) is 5.11 Å². The van der Waals surface area contributed by atoms with E-state index in [1.54, 1.807) is 0 Å². The van der Waals surface area contributed by atoms with Crippen LogP contribution in [-0.2, 0) is 4.74 Å². The normalized spacial score (nSPS) is 10.0. The van der Waals surface area contributed by atoms with Gasteiger partial charge in [0.2, 0.25) is 0 Å². The van der Waals surface area contributed by atoms with Crippen LogP contribution in [0.25, 0.3) is 0 Å². The Balaban J connectivity index is 2.26. The van der Waals surface area contributed by atoms with Gasteiger partial charge in [-0.05, 0) is 18.2 Å². The van der Waals surface area contributed by atoms with E-state index in [0.717, 1.165) is 6.07 Å². The predicted octanol–water partition coefficient (Wildman–Crippen LogP) is 1.84. The van der Waals surface area contributed by atoms with Crippen molar-refractivity contribution in [3.63, 3.8) is 0 Å². The van der Waals surface area contributed by atoms with Crippen molar-refractivity contribution >= 4 is 23.4 Å². The number of carboxylic acids is 1. The molecule has 0 atom stereocenters. The zero-order valence-electron chi connectivity index (χ0n) is 10.8. The predicted molar refractivity (Wildman–Crippen MR) is 70.0 cm³/mol. The average Bonchev–Trinajstić information content (AvgIpc) is 2.48. The SMILES string of the molecule is COC(=O)c1cncc(Nc2ccc(C(=O)O)cc2F)n1. The Morgan fingerprint density at radius 1 is 1.33 bits per heavy atom. The molecule has 0 aliphatic heterocycles. The van der Waals surface area contributed by atoms with Crippen LogP contribution < -0.4 is 5.32 Å². The Kier molecular flexibility index (Phi) is 4.07. The lowest BCUT2D eigenvalue weighted by Crippen LogP contribution is -2.07. The van der Waals surface area contributed by atoms with Gasteiger partial charge in [0.15, 0.2) is 5.69 Å². The number of carbonyl (C=O) groups excluding carboxylic acids is 1. The summed E-state index contributed by atoms with van der Waals surface area (Å²) in [6.45, 7) is 0. The molecule has 0 aliphatic carbocycles. The molecule has 7 nitrogen and oxygen atoms in total. The summed E-state index contributed by atoms with van der Waals surface area (Å²) in [7, 11) is 1.20. The van der Waals surface area contributed by atoms with Gasteiger partial charge in [0.05, 0.1) is 30.8 Å². The second-order valence-electron chi connectivity index (χ2n) is 3.91. The molecular weight excluding hydrogens is 281 g/mol. The van der Waals surface area contributed by atoms with Gasteiger partial charge in [-0.3, -0.25) is 4.98 Å². The summed E-state index contributed by atoms with van der Waals surface area (Å²) in [5.41, 5.74) is -0.200. The number of aromatic nitrogens is 2. The molecule has 0 saturated carbocycles. The van der Waals surface area contributed by atoms with E-state index in [-0.39, 0.29) is 22.8 Å². The number of carbonyl (C=O) groups is 2. The number of aromatic carboxylic acids is 1. The number of rotatable bonds is 4. The third-order valence-corrected chi connectivity index (χ3v) is 2.51. The lowest BCUT2D eigenvalue weighted by atomic mass is 10.2. The molecule has 0 fully saturated rings. The molecular formula is C13H10FN3O4. The van der Waals surface area contributed by atoms with Crippen LogP contribution in [0.3, 0.4) is 0 Å². The minimum atomic E-state index is -1.23. The molecule has 21 heavy (non-hydrogen) atoms. The minimum absolute atomic E-state index is 0.0105. The number of anilines is 2. The molecule has 0 radical (unpaired) electrons. The quantitative estimate of drug-likeness (QED) is 0.829. The van der Waals surface area contributed by atoms with E-state index in [0.29, 0.717) is 0 Å². The molecule has 0 bridgehead atoms. The fourth-order valence-corrected chi connectivity index (χ4v) is 1.52. The maximum absolute atomic E-state index is 13.8. The van der Waals surface area contributed by atoms with Crippen molar-refractivity contribution < 1.29 is 23.8 Å². The van der Waals surface area contributed by atoms with Crippen LogP contribution in [0.4, 0.5) is 15.9 Å². The van der Waals surface area contributed by atoms with E-state index < -0.39 is 17.8 Å². The van der Waals surface area contributed by atoms with Gasteiger partial charge in [0.1, 0.15) is 11.6 Å². The highest BCUT2D eigenvalue weighted by Crippen LogP contribution is 2.19. The molecule has 0 aliphatic rings. The molecule has 0 spiro atoms. The third-order valence-electron chi connectivity index (χ3n) is 2.51.